The third kappa shape index (κ3) is 25.6. The molecule has 0 unspecified atom stereocenters. The van der Waals surface area contributed by atoms with Crippen molar-refractivity contribution in [3.05, 3.63) is 129 Å². The van der Waals surface area contributed by atoms with E-state index in [1.165, 1.54) is 172 Å². The van der Waals surface area contributed by atoms with Crippen LogP contribution in [-0.2, 0) is 0 Å². The molecular weight excluding hydrogens is 1090 g/mol. The second-order valence-electron chi connectivity index (χ2n) is 20.0. The van der Waals surface area contributed by atoms with Gasteiger partial charge < -0.3 is 18.9 Å². The summed E-state index contributed by atoms with van der Waals surface area (Å²) in [6, 6.07) is 26.4. The highest BCUT2D eigenvalue weighted by Gasteiger charge is 2.16. The SMILES string of the molecule is CCCCCCCCCCCCCCCCOc1ccc(N=Nc2ccc(C(=O)Oc3ccc(I)c(OC(=O)c4ccc(N=Nc5ccc(OCCCCCCCCCCCCCCCC)c(F)c5)cc4)c3)cc2)cc1F. The Morgan fingerprint density at radius 1 is 0.377 bits per heavy atom. The van der Waals surface area contributed by atoms with Crippen LogP contribution in [0, 0.1) is 15.2 Å². The van der Waals surface area contributed by atoms with Crippen LogP contribution in [0.4, 0.5) is 31.5 Å². The zero-order valence-corrected chi connectivity index (χ0v) is 48.1. The molecule has 5 aromatic carbocycles. The van der Waals surface area contributed by atoms with Crippen molar-refractivity contribution in [3.63, 3.8) is 0 Å². The fourth-order valence-electron chi connectivity index (χ4n) is 8.80. The van der Waals surface area contributed by atoms with Crippen LogP contribution in [-0.4, -0.2) is 25.2 Å². The minimum Gasteiger partial charge on any atom is -0.491 e. The lowest BCUT2D eigenvalue weighted by molar-refractivity contribution is 0.0731. The van der Waals surface area contributed by atoms with Crippen molar-refractivity contribution in [2.75, 3.05) is 13.2 Å². The Kier molecular flexibility index (Phi) is 30.8. The monoisotopic (exact) mass is 1170 g/mol. The van der Waals surface area contributed by atoms with Crippen molar-refractivity contribution in [3.8, 4) is 23.0 Å². The first-order chi connectivity index (χ1) is 37.7. The van der Waals surface area contributed by atoms with Crippen LogP contribution < -0.4 is 18.9 Å². The summed E-state index contributed by atoms with van der Waals surface area (Å²) in [5.41, 5.74) is 2.08. The highest BCUT2D eigenvalue weighted by molar-refractivity contribution is 14.1. The summed E-state index contributed by atoms with van der Waals surface area (Å²) < 4.78 is 53.0. The van der Waals surface area contributed by atoms with E-state index in [0.717, 1.165) is 25.7 Å². The number of azo groups is 2. The van der Waals surface area contributed by atoms with E-state index in [1.54, 1.807) is 84.9 Å². The molecule has 10 nitrogen and oxygen atoms in total. The number of carbonyl (C=O) groups excluding carboxylic acids is 2. The van der Waals surface area contributed by atoms with Crippen LogP contribution >= 0.6 is 22.6 Å². The summed E-state index contributed by atoms with van der Waals surface area (Å²) in [5.74, 6) is -1.50. The van der Waals surface area contributed by atoms with Crippen LogP contribution in [0.15, 0.2) is 124 Å². The van der Waals surface area contributed by atoms with Crippen molar-refractivity contribution >= 4 is 57.3 Å². The summed E-state index contributed by atoms with van der Waals surface area (Å²) in [6.07, 6.45) is 35.7. The molecule has 13 heteroatoms. The van der Waals surface area contributed by atoms with E-state index in [1.807, 2.05) is 22.6 Å². The molecule has 0 atom stereocenters. The van der Waals surface area contributed by atoms with Crippen LogP contribution in [0.1, 0.15) is 214 Å². The molecule has 0 saturated carbocycles. The molecule has 416 valence electrons. The van der Waals surface area contributed by atoms with Crippen LogP contribution in [0.5, 0.6) is 23.0 Å². The zero-order valence-electron chi connectivity index (χ0n) is 45.9. The summed E-state index contributed by atoms with van der Waals surface area (Å²) >= 11 is 2.03. The Morgan fingerprint density at radius 2 is 0.701 bits per heavy atom. The Hall–Kier alpha value is -5.57. The highest BCUT2D eigenvalue weighted by atomic mass is 127. The number of hydrogen-bond acceptors (Lipinski definition) is 10. The summed E-state index contributed by atoms with van der Waals surface area (Å²) in [5, 5.41) is 16.7. The van der Waals surface area contributed by atoms with Crippen molar-refractivity contribution in [1.29, 1.82) is 0 Å². The number of benzene rings is 5. The first kappa shape index (κ1) is 62.3. The van der Waals surface area contributed by atoms with Gasteiger partial charge in [0.05, 0.1) is 50.7 Å². The van der Waals surface area contributed by atoms with Gasteiger partial charge in [0.15, 0.2) is 23.1 Å². The van der Waals surface area contributed by atoms with Gasteiger partial charge in [0.2, 0.25) is 0 Å². The van der Waals surface area contributed by atoms with Gasteiger partial charge in [-0.05, 0) is 120 Å². The lowest BCUT2D eigenvalue weighted by atomic mass is 10.0. The molecule has 5 aromatic rings. The van der Waals surface area contributed by atoms with Crippen molar-refractivity contribution < 1.29 is 37.3 Å². The fourth-order valence-corrected chi connectivity index (χ4v) is 9.25. The van der Waals surface area contributed by atoms with Crippen LogP contribution in [0.2, 0.25) is 0 Å². The molecule has 0 heterocycles. The van der Waals surface area contributed by atoms with E-state index in [9.17, 15) is 18.4 Å². The largest absolute Gasteiger partial charge is 0.491 e. The van der Waals surface area contributed by atoms with Gasteiger partial charge in [0.25, 0.3) is 0 Å². The second kappa shape index (κ2) is 38.1. The smallest absolute Gasteiger partial charge is 0.343 e. The fraction of sp³-hybridized carbons (Fsp3) is 0.500. The van der Waals surface area contributed by atoms with Gasteiger partial charge >= 0.3 is 11.9 Å². The normalized spacial score (nSPS) is 11.4. The number of unbranched alkanes of at least 4 members (excludes halogenated alkanes) is 26. The molecule has 0 N–H and O–H groups in total. The number of rotatable bonds is 40. The molecule has 0 aromatic heterocycles. The molecule has 77 heavy (non-hydrogen) atoms. The molecule has 0 spiro atoms. The molecule has 0 aliphatic heterocycles. The molecule has 0 radical (unpaired) electrons. The van der Waals surface area contributed by atoms with E-state index in [4.69, 9.17) is 18.9 Å². The van der Waals surface area contributed by atoms with E-state index in [2.05, 4.69) is 34.3 Å². The molecular formula is C64H83F2IN4O6. The minimum absolute atomic E-state index is 0.174. The van der Waals surface area contributed by atoms with Crippen molar-refractivity contribution in [1.82, 2.24) is 0 Å². The maximum Gasteiger partial charge on any atom is 0.343 e. The van der Waals surface area contributed by atoms with Crippen molar-refractivity contribution in [2.24, 2.45) is 20.5 Å². The van der Waals surface area contributed by atoms with Gasteiger partial charge in [0, 0.05) is 18.2 Å². The number of halogens is 3. The van der Waals surface area contributed by atoms with Gasteiger partial charge in [-0.25, -0.2) is 18.4 Å². The van der Waals surface area contributed by atoms with Gasteiger partial charge in [-0.1, -0.05) is 181 Å². The third-order valence-corrected chi connectivity index (χ3v) is 14.3. The minimum atomic E-state index is -0.633. The maximum atomic E-state index is 14.8. The first-order valence-corrected chi connectivity index (χ1v) is 29.9. The van der Waals surface area contributed by atoms with E-state index in [-0.39, 0.29) is 34.1 Å². The third-order valence-electron chi connectivity index (χ3n) is 13.4. The van der Waals surface area contributed by atoms with Gasteiger partial charge in [-0.2, -0.15) is 20.5 Å². The molecule has 0 aliphatic carbocycles. The molecule has 5 rings (SSSR count). The Balaban J connectivity index is 0.961. The molecule has 0 aliphatic rings. The average Bonchev–Trinajstić information content (AvgIpc) is 3.44. The molecule has 0 amide bonds. The molecule has 0 fully saturated rings. The lowest BCUT2D eigenvalue weighted by Crippen LogP contribution is -2.11. The Bertz CT molecular complexity index is 2520. The number of ether oxygens (including phenoxy) is 4. The lowest BCUT2D eigenvalue weighted by Gasteiger charge is -2.10. The number of carbonyl (C=O) groups is 2. The van der Waals surface area contributed by atoms with Crippen LogP contribution in [0.25, 0.3) is 0 Å². The van der Waals surface area contributed by atoms with Crippen molar-refractivity contribution in [2.45, 2.75) is 194 Å². The number of hydrogen-bond donors (Lipinski definition) is 0. The second-order valence-corrected chi connectivity index (χ2v) is 21.1. The summed E-state index contributed by atoms with van der Waals surface area (Å²) in [7, 11) is 0. The van der Waals surface area contributed by atoms with Gasteiger partial charge in [-0.3, -0.25) is 0 Å². The summed E-state index contributed by atoms with van der Waals surface area (Å²) in [6.45, 7) is 5.45. The standard InChI is InChI=1S/C64H83F2IN4O6/c1-3-5-7-9-11-13-15-17-19-21-23-25-27-29-45-74-60-43-39-54(47-57(60)65)70-68-52-35-31-50(32-36-52)63(72)76-56-41-42-59(67)62(49-56)77-64(73)51-33-37-53(38-34-51)69-71-55-40-44-61(58(66)48-55)75-46-30-28-26-24-22-20-18-16-14-12-10-8-6-4-2/h31-44,47-49H,3-30,45-46H2,1-2H3. The van der Waals surface area contributed by atoms with E-state index < -0.39 is 23.6 Å². The quantitative estimate of drug-likeness (QED) is 0.0127. The Morgan fingerprint density at radius 3 is 1.06 bits per heavy atom. The van der Waals surface area contributed by atoms with Gasteiger partial charge in [0.1, 0.15) is 11.5 Å². The molecule has 0 bridgehead atoms. The molecule has 0 saturated heterocycles. The predicted octanol–water partition coefficient (Wildman–Crippen LogP) is 21.6. The summed E-state index contributed by atoms with van der Waals surface area (Å²) in [4.78, 5) is 26.3. The number of esters is 2. The number of nitrogens with zero attached hydrogens (tertiary/aromatic N) is 4. The van der Waals surface area contributed by atoms with E-state index >= 15 is 0 Å². The first-order valence-electron chi connectivity index (χ1n) is 28.8. The average molecular weight is 1170 g/mol. The Labute approximate surface area is 471 Å². The van der Waals surface area contributed by atoms with Crippen LogP contribution in [0.3, 0.4) is 0 Å². The van der Waals surface area contributed by atoms with E-state index in [0.29, 0.717) is 39.5 Å². The topological polar surface area (TPSA) is 121 Å². The maximum absolute atomic E-state index is 14.8. The zero-order chi connectivity index (χ0) is 54.6. The predicted molar refractivity (Wildman–Crippen MR) is 315 cm³/mol. The van der Waals surface area contributed by atoms with Gasteiger partial charge in [-0.15, -0.1) is 0 Å². The highest BCUT2D eigenvalue weighted by Crippen LogP contribution is 2.30.